The van der Waals surface area contributed by atoms with Crippen molar-refractivity contribution in [2.24, 2.45) is 0 Å². The molecule has 0 aromatic heterocycles. The molecular weight excluding hydrogens is 230 g/mol. The quantitative estimate of drug-likeness (QED) is 0.636. The number of aryl methyl sites for hydroxylation is 1. The molecule has 0 atom stereocenters. The van der Waals surface area contributed by atoms with E-state index in [-0.39, 0.29) is 5.41 Å². The first-order chi connectivity index (χ1) is 8.43. The molecule has 0 radical (unpaired) electrons. The van der Waals surface area contributed by atoms with Gasteiger partial charge in [-0.15, -0.1) is 0 Å². The standard InChI is InChI=1S/C16H14F2/c1-9-5-4-6-11-15(9)10-7-13(17)14(18)8-12(10)16(11,2)3/h4-8H,1-3H3. The highest BCUT2D eigenvalue weighted by atomic mass is 19.2. The Bertz CT molecular complexity index is 654. The van der Waals surface area contributed by atoms with Crippen LogP contribution in [0.1, 0.15) is 30.5 Å². The van der Waals surface area contributed by atoms with Gasteiger partial charge in [0.05, 0.1) is 0 Å². The first-order valence-corrected chi connectivity index (χ1v) is 6.03. The van der Waals surface area contributed by atoms with Gasteiger partial charge in [0.2, 0.25) is 0 Å². The summed E-state index contributed by atoms with van der Waals surface area (Å²) in [7, 11) is 0. The Hall–Kier alpha value is -1.70. The van der Waals surface area contributed by atoms with Gasteiger partial charge in [-0.25, -0.2) is 8.78 Å². The van der Waals surface area contributed by atoms with Gasteiger partial charge in [0.15, 0.2) is 11.6 Å². The Balaban J connectivity index is 2.44. The summed E-state index contributed by atoms with van der Waals surface area (Å²) in [5.41, 5.74) is 4.72. The van der Waals surface area contributed by atoms with E-state index in [9.17, 15) is 8.78 Å². The third-order valence-electron chi connectivity index (χ3n) is 3.95. The first kappa shape index (κ1) is 11.4. The van der Waals surface area contributed by atoms with Crippen molar-refractivity contribution in [2.75, 3.05) is 0 Å². The van der Waals surface area contributed by atoms with E-state index in [1.165, 1.54) is 12.1 Å². The van der Waals surface area contributed by atoms with Crippen LogP contribution in [0, 0.1) is 18.6 Å². The SMILES string of the molecule is Cc1cccc2c1-c1cc(F)c(F)cc1C2(C)C. The molecule has 92 valence electrons. The molecule has 18 heavy (non-hydrogen) atoms. The second kappa shape index (κ2) is 3.41. The molecule has 0 saturated carbocycles. The second-order valence-electron chi connectivity index (χ2n) is 5.43. The molecule has 2 heteroatoms. The Labute approximate surface area is 105 Å². The number of rotatable bonds is 0. The lowest BCUT2D eigenvalue weighted by Gasteiger charge is -2.21. The van der Waals surface area contributed by atoms with Crippen LogP contribution in [0.15, 0.2) is 30.3 Å². The van der Waals surface area contributed by atoms with E-state index < -0.39 is 11.6 Å². The van der Waals surface area contributed by atoms with Crippen LogP contribution >= 0.6 is 0 Å². The summed E-state index contributed by atoms with van der Waals surface area (Å²) in [6.07, 6.45) is 0. The second-order valence-corrected chi connectivity index (χ2v) is 5.43. The highest BCUT2D eigenvalue weighted by Gasteiger charge is 2.37. The lowest BCUT2D eigenvalue weighted by atomic mass is 9.82. The van der Waals surface area contributed by atoms with Gasteiger partial charge in [0.1, 0.15) is 0 Å². The molecule has 0 bridgehead atoms. The number of hydrogen-bond acceptors (Lipinski definition) is 0. The highest BCUT2D eigenvalue weighted by molar-refractivity contribution is 5.82. The summed E-state index contributed by atoms with van der Waals surface area (Å²) in [6, 6.07) is 8.70. The maximum absolute atomic E-state index is 13.5. The predicted molar refractivity (Wildman–Crippen MR) is 68.7 cm³/mol. The van der Waals surface area contributed by atoms with E-state index in [2.05, 4.69) is 13.8 Å². The average molecular weight is 244 g/mol. The van der Waals surface area contributed by atoms with Gasteiger partial charge < -0.3 is 0 Å². The van der Waals surface area contributed by atoms with Gasteiger partial charge in [-0.05, 0) is 46.9 Å². The molecule has 0 nitrogen and oxygen atoms in total. The van der Waals surface area contributed by atoms with Crippen LogP contribution < -0.4 is 0 Å². The van der Waals surface area contributed by atoms with Gasteiger partial charge in [0, 0.05) is 5.41 Å². The summed E-state index contributed by atoms with van der Waals surface area (Å²) in [6.45, 7) is 6.11. The molecule has 0 spiro atoms. The molecule has 3 rings (SSSR count). The van der Waals surface area contributed by atoms with Crippen LogP contribution in [0.5, 0.6) is 0 Å². The third kappa shape index (κ3) is 1.29. The Morgan fingerprint density at radius 3 is 2.33 bits per heavy atom. The molecule has 0 N–H and O–H groups in total. The van der Waals surface area contributed by atoms with E-state index >= 15 is 0 Å². The van der Waals surface area contributed by atoms with Crippen molar-refractivity contribution < 1.29 is 8.78 Å². The lowest BCUT2D eigenvalue weighted by molar-refractivity contribution is 0.504. The van der Waals surface area contributed by atoms with Gasteiger partial charge in [0.25, 0.3) is 0 Å². The predicted octanol–water partition coefficient (Wildman–Crippen LogP) is 4.58. The molecule has 1 aliphatic rings. The van der Waals surface area contributed by atoms with E-state index in [1.807, 2.05) is 25.1 Å². The Morgan fingerprint density at radius 2 is 1.61 bits per heavy atom. The van der Waals surface area contributed by atoms with Crippen LogP contribution in [0.4, 0.5) is 8.78 Å². The fourth-order valence-electron chi connectivity index (χ4n) is 2.96. The third-order valence-corrected chi connectivity index (χ3v) is 3.95. The number of fused-ring (bicyclic) bond motifs is 3. The normalized spacial score (nSPS) is 15.4. The molecule has 0 heterocycles. The zero-order chi connectivity index (χ0) is 13.1. The molecule has 0 saturated heterocycles. The van der Waals surface area contributed by atoms with Crippen LogP contribution in [0.3, 0.4) is 0 Å². The van der Waals surface area contributed by atoms with Crippen molar-refractivity contribution in [3.63, 3.8) is 0 Å². The molecule has 1 aliphatic carbocycles. The van der Waals surface area contributed by atoms with E-state index in [0.29, 0.717) is 0 Å². The number of hydrogen-bond donors (Lipinski definition) is 0. The number of halogens is 2. The van der Waals surface area contributed by atoms with E-state index in [1.54, 1.807) is 0 Å². The minimum Gasteiger partial charge on any atom is -0.204 e. The van der Waals surface area contributed by atoms with E-state index in [0.717, 1.165) is 27.8 Å². The zero-order valence-electron chi connectivity index (χ0n) is 10.6. The van der Waals surface area contributed by atoms with Crippen LogP contribution in [-0.4, -0.2) is 0 Å². The van der Waals surface area contributed by atoms with Crippen molar-refractivity contribution in [2.45, 2.75) is 26.2 Å². The first-order valence-electron chi connectivity index (χ1n) is 6.03. The van der Waals surface area contributed by atoms with Crippen LogP contribution in [-0.2, 0) is 5.41 Å². The molecule has 0 unspecified atom stereocenters. The monoisotopic (exact) mass is 244 g/mol. The molecule has 0 fully saturated rings. The maximum Gasteiger partial charge on any atom is 0.159 e. The average Bonchev–Trinajstić information content (AvgIpc) is 2.51. The van der Waals surface area contributed by atoms with Crippen LogP contribution in [0.2, 0.25) is 0 Å². The van der Waals surface area contributed by atoms with Crippen molar-refractivity contribution in [1.29, 1.82) is 0 Å². The van der Waals surface area contributed by atoms with Crippen molar-refractivity contribution in [1.82, 2.24) is 0 Å². The van der Waals surface area contributed by atoms with Crippen molar-refractivity contribution in [3.8, 4) is 11.1 Å². The van der Waals surface area contributed by atoms with Crippen LogP contribution in [0.25, 0.3) is 11.1 Å². The fourth-order valence-corrected chi connectivity index (χ4v) is 2.96. The zero-order valence-corrected chi connectivity index (χ0v) is 10.6. The molecular formula is C16H14F2. The molecule has 0 aliphatic heterocycles. The lowest BCUT2D eigenvalue weighted by Crippen LogP contribution is -2.15. The summed E-state index contributed by atoms with van der Waals surface area (Å²) < 4.78 is 26.9. The minimum absolute atomic E-state index is 0.273. The van der Waals surface area contributed by atoms with E-state index in [4.69, 9.17) is 0 Å². The molecule has 2 aromatic carbocycles. The summed E-state index contributed by atoms with van der Waals surface area (Å²) in [5.74, 6) is -1.55. The summed E-state index contributed by atoms with van der Waals surface area (Å²) in [5, 5.41) is 0. The van der Waals surface area contributed by atoms with Gasteiger partial charge >= 0.3 is 0 Å². The van der Waals surface area contributed by atoms with Gasteiger partial charge in [-0.2, -0.15) is 0 Å². The Kier molecular flexibility index (Phi) is 2.16. The van der Waals surface area contributed by atoms with Gasteiger partial charge in [-0.1, -0.05) is 32.0 Å². The molecule has 2 aromatic rings. The molecule has 0 amide bonds. The van der Waals surface area contributed by atoms with Gasteiger partial charge in [-0.3, -0.25) is 0 Å². The fraction of sp³-hybridized carbons (Fsp3) is 0.250. The topological polar surface area (TPSA) is 0 Å². The van der Waals surface area contributed by atoms with Crippen molar-refractivity contribution in [3.05, 3.63) is 58.7 Å². The summed E-state index contributed by atoms with van der Waals surface area (Å²) >= 11 is 0. The van der Waals surface area contributed by atoms with Crippen molar-refractivity contribution >= 4 is 0 Å². The minimum atomic E-state index is -0.777. The smallest absolute Gasteiger partial charge is 0.159 e. The number of benzene rings is 2. The summed E-state index contributed by atoms with van der Waals surface area (Å²) in [4.78, 5) is 0. The Morgan fingerprint density at radius 1 is 0.944 bits per heavy atom. The maximum atomic E-state index is 13.5. The highest BCUT2D eigenvalue weighted by Crippen LogP contribution is 2.50. The largest absolute Gasteiger partial charge is 0.204 e.